The highest BCUT2D eigenvalue weighted by Gasteiger charge is 2.18. The SMILES string of the molecule is [C-]#[N+]C(C#N)=C1C=C(C=Cc2ccc(N3CCCc4ccccc43)cc2)OC(C)C1. The molecule has 0 radical (unpaired) electrons. The molecule has 2 aromatic carbocycles. The molecule has 0 aromatic heterocycles. The van der Waals surface area contributed by atoms with E-state index < -0.39 is 0 Å². The predicted octanol–water partition coefficient (Wildman–Crippen LogP) is 6.17. The van der Waals surface area contributed by atoms with Gasteiger partial charge in [-0.2, -0.15) is 0 Å². The van der Waals surface area contributed by atoms with Crippen molar-refractivity contribution < 1.29 is 4.74 Å². The molecule has 0 bridgehead atoms. The summed E-state index contributed by atoms with van der Waals surface area (Å²) in [6, 6.07) is 19.1. The molecule has 2 aliphatic rings. The minimum absolute atomic E-state index is 0.0590. The molecule has 2 aliphatic heterocycles. The van der Waals surface area contributed by atoms with Gasteiger partial charge in [0.25, 0.3) is 5.70 Å². The van der Waals surface area contributed by atoms with Crippen LogP contribution in [0.5, 0.6) is 0 Å². The van der Waals surface area contributed by atoms with E-state index in [1.807, 2.05) is 25.1 Å². The van der Waals surface area contributed by atoms with Crippen molar-refractivity contribution in [3.8, 4) is 6.07 Å². The quantitative estimate of drug-likeness (QED) is 0.462. The monoisotopic (exact) mass is 393 g/mol. The number of ether oxygens (including phenoxy) is 1. The fourth-order valence-corrected chi connectivity index (χ4v) is 4.01. The Morgan fingerprint density at radius 2 is 2.00 bits per heavy atom. The van der Waals surface area contributed by atoms with Crippen LogP contribution in [0.1, 0.15) is 30.9 Å². The Kier molecular flexibility index (Phi) is 5.68. The molecule has 0 fully saturated rings. The van der Waals surface area contributed by atoms with E-state index in [0.29, 0.717) is 12.2 Å². The largest absolute Gasteiger partial charge is 0.490 e. The molecule has 0 N–H and O–H groups in total. The van der Waals surface area contributed by atoms with Gasteiger partial charge in [0.2, 0.25) is 0 Å². The number of hydrogen-bond acceptors (Lipinski definition) is 3. The zero-order chi connectivity index (χ0) is 20.9. The third-order valence-corrected chi connectivity index (χ3v) is 5.44. The van der Waals surface area contributed by atoms with Crippen LogP contribution >= 0.6 is 0 Å². The zero-order valence-corrected chi connectivity index (χ0v) is 17.0. The molecule has 148 valence electrons. The van der Waals surface area contributed by atoms with E-state index in [1.165, 1.54) is 16.9 Å². The number of aryl methyl sites for hydroxylation is 1. The lowest BCUT2D eigenvalue weighted by atomic mass is 10.0. The highest BCUT2D eigenvalue weighted by molar-refractivity contribution is 5.69. The average molecular weight is 393 g/mol. The van der Waals surface area contributed by atoms with Crippen molar-refractivity contribution in [2.45, 2.75) is 32.3 Å². The predicted molar refractivity (Wildman–Crippen MR) is 120 cm³/mol. The van der Waals surface area contributed by atoms with E-state index in [4.69, 9.17) is 16.6 Å². The van der Waals surface area contributed by atoms with Crippen LogP contribution in [0.3, 0.4) is 0 Å². The number of hydrogen-bond donors (Lipinski definition) is 0. The maximum Gasteiger partial charge on any atom is 0.265 e. The van der Waals surface area contributed by atoms with Crippen LogP contribution in [-0.2, 0) is 11.2 Å². The smallest absolute Gasteiger partial charge is 0.265 e. The summed E-state index contributed by atoms with van der Waals surface area (Å²) in [5, 5.41) is 9.14. The molecule has 0 saturated heterocycles. The standard InChI is InChI=1S/C26H23N3O/c1-19-16-22(25(18-27)28-2)17-24(30-19)14-11-20-9-12-23(13-10-20)29-15-5-7-21-6-3-4-8-26(21)29/h3-4,6,8-14,17,19H,5,7,15-16H2,1H3. The summed E-state index contributed by atoms with van der Waals surface area (Å²) in [7, 11) is 0. The lowest BCUT2D eigenvalue weighted by Gasteiger charge is -2.31. The van der Waals surface area contributed by atoms with Crippen LogP contribution in [0, 0.1) is 17.9 Å². The zero-order valence-electron chi connectivity index (χ0n) is 17.0. The maximum atomic E-state index is 9.14. The first-order valence-corrected chi connectivity index (χ1v) is 10.2. The normalized spacial score (nSPS) is 19.9. The second-order valence-corrected chi connectivity index (χ2v) is 7.59. The third kappa shape index (κ3) is 4.14. The van der Waals surface area contributed by atoms with E-state index in [2.05, 4.69) is 58.3 Å². The summed E-state index contributed by atoms with van der Waals surface area (Å²) in [4.78, 5) is 5.71. The summed E-state index contributed by atoms with van der Waals surface area (Å²) in [6.45, 7) is 10.1. The van der Waals surface area contributed by atoms with Crippen molar-refractivity contribution >= 4 is 17.5 Å². The molecule has 2 heterocycles. The maximum absolute atomic E-state index is 9.14. The van der Waals surface area contributed by atoms with Gasteiger partial charge in [-0.1, -0.05) is 36.4 Å². The molecule has 0 saturated carbocycles. The van der Waals surface area contributed by atoms with Crippen LogP contribution in [0.25, 0.3) is 10.9 Å². The van der Waals surface area contributed by atoms with Crippen LogP contribution in [0.4, 0.5) is 11.4 Å². The molecular weight excluding hydrogens is 370 g/mol. The second kappa shape index (κ2) is 8.72. The first-order valence-electron chi connectivity index (χ1n) is 10.2. The number of rotatable bonds is 3. The van der Waals surface area contributed by atoms with Gasteiger partial charge in [-0.15, -0.1) is 0 Å². The van der Waals surface area contributed by atoms with Gasteiger partial charge in [0.1, 0.15) is 5.76 Å². The minimum Gasteiger partial charge on any atom is -0.490 e. The summed E-state index contributed by atoms with van der Waals surface area (Å²) in [5.74, 6) is 0.675. The van der Waals surface area contributed by atoms with Gasteiger partial charge in [0.15, 0.2) is 0 Å². The number of nitriles is 1. The number of nitrogens with zero attached hydrogens (tertiary/aromatic N) is 3. The number of fused-ring (bicyclic) bond motifs is 1. The lowest BCUT2D eigenvalue weighted by molar-refractivity contribution is 0.133. The van der Waals surface area contributed by atoms with Crippen molar-refractivity contribution in [1.82, 2.24) is 0 Å². The number of anilines is 2. The number of allylic oxidation sites excluding steroid dienone is 3. The summed E-state index contributed by atoms with van der Waals surface area (Å²) >= 11 is 0. The van der Waals surface area contributed by atoms with Crippen LogP contribution in [0.2, 0.25) is 0 Å². The van der Waals surface area contributed by atoms with Gasteiger partial charge < -0.3 is 9.64 Å². The molecule has 0 aliphatic carbocycles. The van der Waals surface area contributed by atoms with Gasteiger partial charge in [-0.3, -0.25) is 0 Å². The van der Waals surface area contributed by atoms with E-state index in [1.54, 1.807) is 6.08 Å². The Morgan fingerprint density at radius 3 is 2.77 bits per heavy atom. The Bertz CT molecular complexity index is 1090. The van der Waals surface area contributed by atoms with E-state index in [-0.39, 0.29) is 11.8 Å². The third-order valence-electron chi connectivity index (χ3n) is 5.44. The summed E-state index contributed by atoms with van der Waals surface area (Å²) in [6.07, 6.45) is 8.52. The number of benzene rings is 2. The molecule has 0 amide bonds. The molecule has 4 nitrogen and oxygen atoms in total. The van der Waals surface area contributed by atoms with E-state index in [0.717, 1.165) is 30.5 Å². The summed E-state index contributed by atoms with van der Waals surface area (Å²) < 4.78 is 5.85. The van der Waals surface area contributed by atoms with Crippen molar-refractivity contribution in [1.29, 1.82) is 5.26 Å². The van der Waals surface area contributed by atoms with Gasteiger partial charge in [0, 0.05) is 24.3 Å². The summed E-state index contributed by atoms with van der Waals surface area (Å²) in [5.41, 5.74) is 5.86. The van der Waals surface area contributed by atoms with Gasteiger partial charge in [-0.25, -0.2) is 10.1 Å². The van der Waals surface area contributed by atoms with Crippen LogP contribution in [0.15, 0.2) is 77.7 Å². The molecular formula is C26H23N3O. The van der Waals surface area contributed by atoms with Gasteiger partial charge in [0.05, 0.1) is 18.7 Å². The Labute approximate surface area is 177 Å². The van der Waals surface area contributed by atoms with Crippen LogP contribution < -0.4 is 4.90 Å². The van der Waals surface area contributed by atoms with Crippen molar-refractivity contribution in [3.05, 3.63) is 100 Å². The molecule has 1 atom stereocenters. The van der Waals surface area contributed by atoms with Crippen LogP contribution in [-0.4, -0.2) is 12.6 Å². The van der Waals surface area contributed by atoms with Gasteiger partial charge >= 0.3 is 0 Å². The van der Waals surface area contributed by atoms with Crippen molar-refractivity contribution in [2.24, 2.45) is 0 Å². The topological polar surface area (TPSA) is 40.6 Å². The second-order valence-electron chi connectivity index (χ2n) is 7.59. The van der Waals surface area contributed by atoms with Crippen molar-refractivity contribution in [2.75, 3.05) is 11.4 Å². The molecule has 4 heteroatoms. The van der Waals surface area contributed by atoms with Gasteiger partial charge in [-0.05, 0) is 66.8 Å². The fraction of sp³-hybridized carbons (Fsp3) is 0.231. The minimum atomic E-state index is -0.0590. The lowest BCUT2D eigenvalue weighted by Crippen LogP contribution is -2.24. The molecule has 0 spiro atoms. The fourth-order valence-electron chi connectivity index (χ4n) is 4.01. The van der Waals surface area contributed by atoms with E-state index in [9.17, 15) is 0 Å². The molecule has 2 aromatic rings. The van der Waals surface area contributed by atoms with E-state index >= 15 is 0 Å². The Hall–Kier alpha value is -3.76. The highest BCUT2D eigenvalue weighted by atomic mass is 16.5. The average Bonchev–Trinajstić information content (AvgIpc) is 2.78. The molecule has 30 heavy (non-hydrogen) atoms. The molecule has 4 rings (SSSR count). The first-order chi connectivity index (χ1) is 14.7. The molecule has 1 unspecified atom stereocenters. The Morgan fingerprint density at radius 1 is 1.20 bits per heavy atom. The highest BCUT2D eigenvalue weighted by Crippen LogP contribution is 2.33. The number of para-hydroxylation sites is 1. The van der Waals surface area contributed by atoms with Crippen molar-refractivity contribution in [3.63, 3.8) is 0 Å². The first kappa shape index (κ1) is 19.6. The Balaban J connectivity index is 1.53.